The third kappa shape index (κ3) is 7.02. The molecule has 128 valence electrons. The number of nitrogens with one attached hydrogen (secondary N) is 2. The predicted molar refractivity (Wildman–Crippen MR) is 90.8 cm³/mol. The number of esters is 1. The summed E-state index contributed by atoms with van der Waals surface area (Å²) in [4.78, 5) is 24.1. The number of carbonyl (C=O) groups excluding carboxylic acids is 2. The van der Waals surface area contributed by atoms with Crippen molar-refractivity contribution in [3.63, 3.8) is 0 Å². The molecule has 0 saturated carbocycles. The fourth-order valence-electron chi connectivity index (χ4n) is 1.78. The van der Waals surface area contributed by atoms with Crippen molar-refractivity contribution in [2.45, 2.75) is 44.3 Å². The maximum absolute atomic E-state index is 12.2. The number of amides is 1. The van der Waals surface area contributed by atoms with Crippen LogP contribution in [0.25, 0.3) is 0 Å². The van der Waals surface area contributed by atoms with Crippen LogP contribution < -0.4 is 10.9 Å². The van der Waals surface area contributed by atoms with Crippen molar-refractivity contribution in [2.24, 2.45) is 0 Å². The van der Waals surface area contributed by atoms with Crippen molar-refractivity contribution in [1.29, 1.82) is 0 Å². The molecule has 0 bridgehead atoms. The van der Waals surface area contributed by atoms with Crippen LogP contribution in [0.3, 0.4) is 0 Å². The molecule has 0 fully saturated rings. The summed E-state index contributed by atoms with van der Waals surface area (Å²) in [6.45, 7) is 5.10. The monoisotopic (exact) mass is 340 g/mol. The predicted octanol–water partition coefficient (Wildman–Crippen LogP) is 1.46. The summed E-state index contributed by atoms with van der Waals surface area (Å²) in [5.41, 5.74) is 6.11. The minimum Gasteiger partial charge on any atom is -0.435 e. The fourth-order valence-corrected chi connectivity index (χ4v) is 1.95. The molecule has 7 heteroatoms. The summed E-state index contributed by atoms with van der Waals surface area (Å²) in [5, 5.41) is 0. The van der Waals surface area contributed by atoms with Gasteiger partial charge in [0.15, 0.2) is 6.29 Å². The molecule has 0 saturated heterocycles. The summed E-state index contributed by atoms with van der Waals surface area (Å²) >= 11 is 4.39. The second-order valence-electron chi connectivity index (χ2n) is 5.68. The molecular formula is C16H24N2O4S. The number of hydrogen-bond donors (Lipinski definition) is 3. The van der Waals surface area contributed by atoms with Crippen molar-refractivity contribution in [2.75, 3.05) is 7.11 Å². The lowest BCUT2D eigenvalue weighted by molar-refractivity contribution is -0.173. The minimum absolute atomic E-state index is 0.205. The molecule has 0 aliphatic heterocycles. The highest BCUT2D eigenvalue weighted by atomic mass is 32.1. The minimum atomic E-state index is -0.830. The van der Waals surface area contributed by atoms with Gasteiger partial charge in [-0.2, -0.15) is 12.6 Å². The third-order valence-electron chi connectivity index (χ3n) is 3.12. The van der Waals surface area contributed by atoms with E-state index in [0.29, 0.717) is 0 Å². The highest BCUT2D eigenvalue weighted by Gasteiger charge is 2.34. The molecule has 2 atom stereocenters. The van der Waals surface area contributed by atoms with Crippen molar-refractivity contribution >= 4 is 24.5 Å². The zero-order valence-electron chi connectivity index (χ0n) is 13.8. The van der Waals surface area contributed by atoms with Gasteiger partial charge in [0, 0.05) is 11.9 Å². The lowest BCUT2D eigenvalue weighted by atomic mass is 10.0. The lowest BCUT2D eigenvalue weighted by Gasteiger charge is -2.29. The van der Waals surface area contributed by atoms with Crippen LogP contribution in [0.1, 0.15) is 26.3 Å². The standard InChI is InChI=1S/C16H24N2O4S/c1-11(21-4)22-15(20)14(16(2,3)23)18-17-13(19)10-12-8-6-5-7-9-12/h5-9,11,14,18,23H,10H2,1-4H3,(H,17,19). The van der Waals surface area contributed by atoms with Gasteiger partial charge >= 0.3 is 5.97 Å². The zero-order chi connectivity index (χ0) is 17.5. The van der Waals surface area contributed by atoms with Gasteiger partial charge in [-0.05, 0) is 26.3 Å². The average Bonchev–Trinajstić information content (AvgIpc) is 2.46. The Bertz CT molecular complexity index is 517. The molecule has 2 N–H and O–H groups in total. The average molecular weight is 340 g/mol. The van der Waals surface area contributed by atoms with E-state index < -0.39 is 23.0 Å². The Balaban J connectivity index is 2.61. The Morgan fingerprint density at radius 2 is 1.87 bits per heavy atom. The summed E-state index contributed by atoms with van der Waals surface area (Å²) in [6.07, 6.45) is -0.473. The van der Waals surface area contributed by atoms with E-state index in [1.54, 1.807) is 20.8 Å². The van der Waals surface area contributed by atoms with Crippen molar-refractivity contribution < 1.29 is 19.1 Å². The number of hydrazine groups is 1. The maximum Gasteiger partial charge on any atom is 0.328 e. The smallest absolute Gasteiger partial charge is 0.328 e. The van der Waals surface area contributed by atoms with Crippen molar-refractivity contribution in [3.8, 4) is 0 Å². The van der Waals surface area contributed by atoms with Crippen molar-refractivity contribution in [3.05, 3.63) is 35.9 Å². The molecule has 0 aliphatic rings. The van der Waals surface area contributed by atoms with E-state index in [1.807, 2.05) is 30.3 Å². The van der Waals surface area contributed by atoms with E-state index in [2.05, 4.69) is 23.5 Å². The third-order valence-corrected chi connectivity index (χ3v) is 3.38. The van der Waals surface area contributed by atoms with Crippen molar-refractivity contribution in [1.82, 2.24) is 10.9 Å². The van der Waals surface area contributed by atoms with Crippen LogP contribution in [-0.4, -0.2) is 36.1 Å². The van der Waals surface area contributed by atoms with Crippen LogP contribution in [0, 0.1) is 0 Å². The van der Waals surface area contributed by atoms with E-state index >= 15 is 0 Å². The lowest BCUT2D eigenvalue weighted by Crippen LogP contribution is -2.57. The molecule has 6 nitrogen and oxygen atoms in total. The number of hydrogen-bond acceptors (Lipinski definition) is 6. The quantitative estimate of drug-likeness (QED) is 0.289. The normalized spacial score (nSPS) is 14.0. The molecule has 1 rings (SSSR count). The SMILES string of the molecule is COC(C)OC(=O)C(NNC(=O)Cc1ccccc1)C(C)(C)S. The van der Waals surface area contributed by atoms with Crippen LogP contribution in [0.15, 0.2) is 30.3 Å². The molecule has 0 aromatic heterocycles. The first-order chi connectivity index (χ1) is 10.7. The topological polar surface area (TPSA) is 76.7 Å². The first-order valence-corrected chi connectivity index (χ1v) is 7.72. The number of ether oxygens (including phenoxy) is 2. The Morgan fingerprint density at radius 3 is 2.39 bits per heavy atom. The second kappa shape index (κ2) is 8.90. The highest BCUT2D eigenvalue weighted by Crippen LogP contribution is 2.19. The van der Waals surface area contributed by atoms with Crippen LogP contribution in [0.4, 0.5) is 0 Å². The van der Waals surface area contributed by atoms with Gasteiger partial charge in [0.25, 0.3) is 0 Å². The van der Waals surface area contributed by atoms with Gasteiger partial charge in [-0.1, -0.05) is 30.3 Å². The van der Waals surface area contributed by atoms with Gasteiger partial charge in [0.2, 0.25) is 5.91 Å². The van der Waals surface area contributed by atoms with Gasteiger partial charge in [-0.3, -0.25) is 15.0 Å². The molecular weight excluding hydrogens is 316 g/mol. The number of carbonyl (C=O) groups is 2. The van der Waals surface area contributed by atoms with Crippen LogP contribution in [0.2, 0.25) is 0 Å². The zero-order valence-corrected chi connectivity index (χ0v) is 14.7. The Hall–Kier alpha value is -1.57. The summed E-state index contributed by atoms with van der Waals surface area (Å²) < 4.78 is 9.27. The molecule has 0 heterocycles. The molecule has 23 heavy (non-hydrogen) atoms. The van der Waals surface area contributed by atoms with Gasteiger partial charge < -0.3 is 9.47 Å². The summed E-state index contributed by atoms with van der Waals surface area (Å²) in [6, 6.07) is 8.48. The largest absolute Gasteiger partial charge is 0.435 e. The molecule has 0 aliphatic carbocycles. The van der Waals surface area contributed by atoms with Gasteiger partial charge in [-0.15, -0.1) is 0 Å². The van der Waals surface area contributed by atoms with E-state index in [-0.39, 0.29) is 12.3 Å². The Kier molecular flexibility index (Phi) is 7.54. The van der Waals surface area contributed by atoms with Gasteiger partial charge in [-0.25, -0.2) is 5.43 Å². The molecule has 2 unspecified atom stereocenters. The molecule has 1 aromatic carbocycles. The Labute approximate surface area is 142 Å². The molecule has 1 aromatic rings. The van der Waals surface area contributed by atoms with E-state index in [1.165, 1.54) is 7.11 Å². The molecule has 1 amide bonds. The summed E-state index contributed by atoms with van der Waals surface area (Å²) in [5.74, 6) is -0.814. The van der Waals surface area contributed by atoms with E-state index in [0.717, 1.165) is 5.56 Å². The molecule has 0 radical (unpaired) electrons. The second-order valence-corrected chi connectivity index (χ2v) is 6.83. The van der Waals surface area contributed by atoms with Gasteiger partial charge in [0.05, 0.1) is 6.42 Å². The first-order valence-electron chi connectivity index (χ1n) is 7.28. The van der Waals surface area contributed by atoms with E-state index in [4.69, 9.17) is 9.47 Å². The van der Waals surface area contributed by atoms with E-state index in [9.17, 15) is 9.59 Å². The number of thiol groups is 1. The maximum atomic E-state index is 12.2. The van der Waals surface area contributed by atoms with Gasteiger partial charge in [0.1, 0.15) is 6.04 Å². The van der Waals surface area contributed by atoms with Crippen LogP contribution >= 0.6 is 12.6 Å². The number of benzene rings is 1. The fraction of sp³-hybridized carbons (Fsp3) is 0.500. The van der Waals surface area contributed by atoms with Crippen LogP contribution in [0.5, 0.6) is 0 Å². The Morgan fingerprint density at radius 1 is 1.26 bits per heavy atom. The molecule has 0 spiro atoms. The number of rotatable bonds is 8. The van der Waals surface area contributed by atoms with Crippen LogP contribution in [-0.2, 0) is 25.5 Å². The number of methoxy groups -OCH3 is 1. The first kappa shape index (κ1) is 19.5. The highest BCUT2D eigenvalue weighted by molar-refractivity contribution is 7.81. The summed E-state index contributed by atoms with van der Waals surface area (Å²) in [7, 11) is 1.44.